The van der Waals surface area contributed by atoms with E-state index in [0.29, 0.717) is 0 Å². The number of aromatic hydroxyl groups is 1. The van der Waals surface area contributed by atoms with Crippen LogP contribution in [0.4, 0.5) is 0 Å². The molecule has 9 heteroatoms. The number of carbonyl (C=O) groups is 3. The molecule has 0 bridgehead atoms. The van der Waals surface area contributed by atoms with E-state index in [1.807, 2.05) is 19.9 Å². The number of phenolic OH excluding ortho intramolecular Hbond substituents is 1. The van der Waals surface area contributed by atoms with Crippen LogP contribution >= 0.6 is 23.2 Å². The second-order valence-electron chi connectivity index (χ2n) is 9.07. The van der Waals surface area contributed by atoms with Crippen molar-refractivity contribution in [2.75, 3.05) is 0 Å². The second kappa shape index (κ2) is 8.63. The van der Waals surface area contributed by atoms with E-state index in [1.165, 1.54) is 12.1 Å². The van der Waals surface area contributed by atoms with Crippen molar-refractivity contribution in [3.8, 4) is 5.75 Å². The molecule has 7 nitrogen and oxygen atoms in total. The quantitative estimate of drug-likeness (QED) is 0.528. The molecule has 0 spiro atoms. The Hall–Kier alpha value is -2.61. The first-order valence-electron chi connectivity index (χ1n) is 10.6. The minimum Gasteiger partial charge on any atom is -0.506 e. The van der Waals surface area contributed by atoms with E-state index >= 15 is 0 Å². The van der Waals surface area contributed by atoms with Crippen LogP contribution in [0.1, 0.15) is 37.4 Å². The maximum absolute atomic E-state index is 13.6. The number of halogens is 2. The monoisotopic (exact) mass is 490 g/mol. The van der Waals surface area contributed by atoms with Gasteiger partial charge in [0.25, 0.3) is 0 Å². The van der Waals surface area contributed by atoms with Gasteiger partial charge in [-0.05, 0) is 30.0 Å². The molecule has 2 saturated heterocycles. The molecule has 2 amide bonds. The first-order valence-corrected chi connectivity index (χ1v) is 11.4. The molecule has 2 aromatic rings. The van der Waals surface area contributed by atoms with Crippen molar-refractivity contribution in [1.29, 1.82) is 0 Å². The van der Waals surface area contributed by atoms with E-state index < -0.39 is 41.2 Å². The lowest BCUT2D eigenvalue weighted by molar-refractivity contribution is -0.152. The number of rotatable bonds is 6. The van der Waals surface area contributed by atoms with Crippen LogP contribution in [0.3, 0.4) is 0 Å². The number of imide groups is 1. The highest BCUT2D eigenvalue weighted by atomic mass is 35.5. The van der Waals surface area contributed by atoms with Gasteiger partial charge in [0.2, 0.25) is 11.8 Å². The SMILES string of the molecule is CC(C)C[C@]1(C(=O)O)N[C@H](c2cc(Cl)cc(Cl)c2O)[C@H]2C(=O)N(Cc3ccccc3)C(=O)[C@@H]21. The summed E-state index contributed by atoms with van der Waals surface area (Å²) in [5.41, 5.74) is -0.748. The number of amides is 2. The van der Waals surface area contributed by atoms with Gasteiger partial charge in [-0.1, -0.05) is 67.4 Å². The molecule has 3 N–H and O–H groups in total. The van der Waals surface area contributed by atoms with Crippen LogP contribution in [-0.2, 0) is 20.9 Å². The molecule has 0 radical (unpaired) electrons. The van der Waals surface area contributed by atoms with Gasteiger partial charge in [-0.3, -0.25) is 24.6 Å². The number of carboxylic acids is 1. The number of fused-ring (bicyclic) bond motifs is 1. The van der Waals surface area contributed by atoms with E-state index in [1.54, 1.807) is 24.3 Å². The third-order valence-corrected chi connectivity index (χ3v) is 6.94. The van der Waals surface area contributed by atoms with Crippen molar-refractivity contribution in [1.82, 2.24) is 10.2 Å². The zero-order valence-corrected chi connectivity index (χ0v) is 19.6. The van der Waals surface area contributed by atoms with Crippen LogP contribution in [0.5, 0.6) is 5.75 Å². The molecule has 2 heterocycles. The Labute approximate surface area is 201 Å². The fourth-order valence-corrected chi connectivity index (χ4v) is 5.70. The van der Waals surface area contributed by atoms with Crippen LogP contribution in [0.2, 0.25) is 10.0 Å². The fraction of sp³-hybridized carbons (Fsp3) is 0.375. The summed E-state index contributed by atoms with van der Waals surface area (Å²) in [6, 6.07) is 10.9. The molecule has 0 aliphatic carbocycles. The molecule has 4 atom stereocenters. The summed E-state index contributed by atoms with van der Waals surface area (Å²) in [5.74, 6) is -4.81. The van der Waals surface area contributed by atoms with Crippen molar-refractivity contribution < 1.29 is 24.6 Å². The topological polar surface area (TPSA) is 107 Å². The minimum absolute atomic E-state index is 0.0227. The summed E-state index contributed by atoms with van der Waals surface area (Å²) >= 11 is 12.3. The number of phenols is 1. The van der Waals surface area contributed by atoms with E-state index in [2.05, 4.69) is 5.32 Å². The molecule has 0 saturated carbocycles. The lowest BCUT2D eigenvalue weighted by Crippen LogP contribution is -2.56. The molecule has 174 valence electrons. The second-order valence-corrected chi connectivity index (χ2v) is 9.92. The summed E-state index contributed by atoms with van der Waals surface area (Å²) in [6.07, 6.45) is 0.118. The summed E-state index contributed by atoms with van der Waals surface area (Å²) < 4.78 is 0. The predicted octanol–water partition coefficient (Wildman–Crippen LogP) is 4.01. The number of nitrogens with zero attached hydrogens (tertiary/aromatic N) is 1. The Kier molecular flexibility index (Phi) is 6.16. The molecular formula is C24H24Cl2N2O5. The van der Waals surface area contributed by atoms with E-state index in [0.717, 1.165) is 10.5 Å². The Bertz CT molecular complexity index is 1120. The van der Waals surface area contributed by atoms with Crippen LogP contribution < -0.4 is 5.32 Å². The highest BCUT2D eigenvalue weighted by Gasteiger charge is 2.68. The van der Waals surface area contributed by atoms with Gasteiger partial charge >= 0.3 is 5.97 Å². The summed E-state index contributed by atoms with van der Waals surface area (Å²) in [5, 5.41) is 24.2. The molecule has 4 rings (SSSR count). The van der Waals surface area contributed by atoms with Gasteiger partial charge in [-0.15, -0.1) is 0 Å². The normalized spacial score (nSPS) is 26.8. The maximum Gasteiger partial charge on any atom is 0.324 e. The van der Waals surface area contributed by atoms with Crippen LogP contribution in [-0.4, -0.2) is 38.4 Å². The highest BCUT2D eigenvalue weighted by molar-refractivity contribution is 6.35. The molecular weight excluding hydrogens is 467 g/mol. The lowest BCUT2D eigenvalue weighted by atomic mass is 9.75. The average molecular weight is 491 g/mol. The Morgan fingerprint density at radius 1 is 1.15 bits per heavy atom. The molecule has 2 aromatic carbocycles. The zero-order valence-electron chi connectivity index (χ0n) is 18.1. The summed E-state index contributed by atoms with van der Waals surface area (Å²) in [4.78, 5) is 41.0. The zero-order chi connectivity index (χ0) is 24.1. The van der Waals surface area contributed by atoms with Gasteiger partial charge in [0.05, 0.1) is 23.4 Å². The summed E-state index contributed by atoms with van der Waals surface area (Å²) in [7, 11) is 0. The number of carboxylic acid groups (broad SMARTS) is 1. The largest absolute Gasteiger partial charge is 0.506 e. The van der Waals surface area contributed by atoms with E-state index in [4.69, 9.17) is 23.2 Å². The number of nitrogens with one attached hydrogen (secondary N) is 1. The fourth-order valence-electron chi connectivity index (χ4n) is 5.19. The van der Waals surface area contributed by atoms with Gasteiger partial charge < -0.3 is 10.2 Å². The van der Waals surface area contributed by atoms with Crippen LogP contribution in [0, 0.1) is 17.8 Å². The van der Waals surface area contributed by atoms with Crippen LogP contribution in [0.15, 0.2) is 42.5 Å². The van der Waals surface area contributed by atoms with Crippen LogP contribution in [0.25, 0.3) is 0 Å². The molecule has 33 heavy (non-hydrogen) atoms. The Balaban J connectivity index is 1.85. The number of hydrogen-bond donors (Lipinski definition) is 3. The van der Waals surface area contributed by atoms with E-state index in [9.17, 15) is 24.6 Å². The number of hydrogen-bond acceptors (Lipinski definition) is 5. The van der Waals surface area contributed by atoms with E-state index in [-0.39, 0.29) is 40.2 Å². The Morgan fingerprint density at radius 3 is 2.42 bits per heavy atom. The number of aliphatic carboxylic acids is 1. The van der Waals surface area contributed by atoms with Crippen molar-refractivity contribution in [2.24, 2.45) is 17.8 Å². The summed E-state index contributed by atoms with van der Waals surface area (Å²) in [6.45, 7) is 3.74. The first-order chi connectivity index (χ1) is 15.6. The first kappa shape index (κ1) is 23.5. The average Bonchev–Trinajstić information content (AvgIpc) is 3.21. The predicted molar refractivity (Wildman–Crippen MR) is 123 cm³/mol. The molecule has 0 unspecified atom stereocenters. The third kappa shape index (κ3) is 3.88. The van der Waals surface area contributed by atoms with Crippen molar-refractivity contribution in [2.45, 2.75) is 38.4 Å². The van der Waals surface area contributed by atoms with Gasteiger partial charge in [0.15, 0.2) is 0 Å². The minimum atomic E-state index is -1.69. The molecule has 2 aliphatic heterocycles. The maximum atomic E-state index is 13.6. The Morgan fingerprint density at radius 2 is 1.82 bits per heavy atom. The van der Waals surface area contributed by atoms with Gasteiger partial charge in [-0.25, -0.2) is 0 Å². The number of benzene rings is 2. The smallest absolute Gasteiger partial charge is 0.324 e. The molecule has 2 fully saturated rings. The lowest BCUT2D eigenvalue weighted by Gasteiger charge is -2.32. The standard InChI is InChI=1S/C24H24Cl2N2O5/c1-12(2)10-24(23(32)33)18-17(19(27-24)15-8-14(25)9-16(26)20(15)29)21(30)28(22(18)31)11-13-6-4-3-5-7-13/h3-9,12,17-19,27,29H,10-11H2,1-2H3,(H,32,33)/t17-,18+,19+,24-/m0/s1. The van der Waals surface area contributed by atoms with Gasteiger partial charge in [0, 0.05) is 16.6 Å². The van der Waals surface area contributed by atoms with Crippen molar-refractivity contribution in [3.63, 3.8) is 0 Å². The third-order valence-electron chi connectivity index (χ3n) is 6.43. The van der Waals surface area contributed by atoms with Gasteiger partial charge in [-0.2, -0.15) is 0 Å². The number of carbonyl (C=O) groups excluding carboxylic acids is 2. The van der Waals surface area contributed by atoms with Crippen molar-refractivity contribution >= 4 is 41.0 Å². The van der Waals surface area contributed by atoms with Crippen molar-refractivity contribution in [3.05, 3.63) is 63.6 Å². The molecule has 2 aliphatic rings. The molecule has 0 aromatic heterocycles. The number of likely N-dealkylation sites (tertiary alicyclic amines) is 1. The van der Waals surface area contributed by atoms with Gasteiger partial charge in [0.1, 0.15) is 11.3 Å². The highest BCUT2D eigenvalue weighted by Crippen LogP contribution is 2.53.